The summed E-state index contributed by atoms with van der Waals surface area (Å²) in [4.78, 5) is 10.9. The van der Waals surface area contributed by atoms with Crippen LogP contribution in [0, 0.1) is 0 Å². The van der Waals surface area contributed by atoms with E-state index < -0.39 is 12.0 Å². The molecule has 2 N–H and O–H groups in total. The number of carboxylic acid groups (broad SMARTS) is 1. The molecule has 0 aliphatic rings. The van der Waals surface area contributed by atoms with Crippen molar-refractivity contribution in [1.29, 1.82) is 0 Å². The van der Waals surface area contributed by atoms with Crippen molar-refractivity contribution in [1.82, 2.24) is 5.32 Å². The van der Waals surface area contributed by atoms with E-state index >= 15 is 0 Å². The number of ether oxygens (including phenoxy) is 4. The maximum atomic E-state index is 10.9. The van der Waals surface area contributed by atoms with Gasteiger partial charge in [-0.15, -0.1) is 0 Å². The van der Waals surface area contributed by atoms with Gasteiger partial charge in [0.2, 0.25) is 5.75 Å². The number of likely N-dealkylation sites (N-methyl/N-ethyl adjacent to an activating group) is 1. The minimum absolute atomic E-state index is 0.246. The minimum Gasteiger partial charge on any atom is -0.493 e. The molecule has 0 saturated carbocycles. The van der Waals surface area contributed by atoms with Crippen molar-refractivity contribution >= 4 is 5.97 Å². The lowest BCUT2D eigenvalue weighted by molar-refractivity contribution is -0.139. The zero-order valence-electron chi connectivity index (χ0n) is 12.6. The van der Waals surface area contributed by atoms with Gasteiger partial charge in [-0.05, 0) is 7.05 Å². The highest BCUT2D eigenvalue weighted by Gasteiger charge is 2.16. The second-order valence-corrected chi connectivity index (χ2v) is 4.18. The Labute approximate surface area is 123 Å². The zero-order chi connectivity index (χ0) is 15.8. The number of hydrogen-bond donors (Lipinski definition) is 2. The van der Waals surface area contributed by atoms with Gasteiger partial charge in [0, 0.05) is 18.6 Å². The zero-order valence-corrected chi connectivity index (χ0v) is 12.6. The van der Waals surface area contributed by atoms with Crippen LogP contribution in [0.15, 0.2) is 12.1 Å². The Morgan fingerprint density at radius 1 is 1.19 bits per heavy atom. The molecule has 0 aliphatic heterocycles. The van der Waals surface area contributed by atoms with Crippen LogP contribution < -0.4 is 24.3 Å². The highest BCUT2D eigenvalue weighted by Crippen LogP contribution is 2.40. The maximum absolute atomic E-state index is 10.9. The summed E-state index contributed by atoms with van der Waals surface area (Å²) in [6.07, 6.45) is 0.336. The first kappa shape index (κ1) is 16.9. The van der Waals surface area contributed by atoms with E-state index in [2.05, 4.69) is 5.32 Å². The smallest absolute Gasteiger partial charge is 0.320 e. The van der Waals surface area contributed by atoms with Crippen LogP contribution in [-0.4, -0.2) is 52.1 Å². The van der Waals surface area contributed by atoms with Gasteiger partial charge < -0.3 is 29.4 Å². The average Bonchev–Trinajstić information content (AvgIpc) is 2.49. The van der Waals surface area contributed by atoms with Crippen molar-refractivity contribution in [2.45, 2.75) is 12.5 Å². The van der Waals surface area contributed by atoms with Crippen molar-refractivity contribution in [3.05, 3.63) is 12.1 Å². The van der Waals surface area contributed by atoms with Crippen molar-refractivity contribution < 1.29 is 28.8 Å². The molecule has 7 heteroatoms. The van der Waals surface area contributed by atoms with Gasteiger partial charge in [0.15, 0.2) is 11.5 Å². The molecule has 0 radical (unpaired) electrons. The number of benzene rings is 1. The third-order valence-electron chi connectivity index (χ3n) is 2.96. The van der Waals surface area contributed by atoms with Crippen LogP contribution in [0.2, 0.25) is 0 Å². The van der Waals surface area contributed by atoms with Crippen LogP contribution >= 0.6 is 0 Å². The summed E-state index contributed by atoms with van der Waals surface area (Å²) in [5.74, 6) is 1.05. The van der Waals surface area contributed by atoms with Crippen LogP contribution in [0.5, 0.6) is 23.0 Å². The maximum Gasteiger partial charge on any atom is 0.320 e. The van der Waals surface area contributed by atoms with Crippen molar-refractivity contribution in [3.8, 4) is 23.0 Å². The molecule has 1 aromatic carbocycles. The van der Waals surface area contributed by atoms with Gasteiger partial charge in [-0.3, -0.25) is 4.79 Å². The summed E-state index contributed by atoms with van der Waals surface area (Å²) in [5, 5.41) is 11.6. The fraction of sp³-hybridized carbons (Fsp3) is 0.500. The standard InChI is InChI=1S/C14H21NO6/c1-15-10(14(16)17)5-6-21-9-7-11(18-2)13(20-4)12(8-9)19-3/h7-8,10,15H,5-6H2,1-4H3,(H,16,17). The van der Waals surface area contributed by atoms with Gasteiger partial charge in [-0.1, -0.05) is 0 Å². The van der Waals surface area contributed by atoms with Crippen LogP contribution in [0.4, 0.5) is 0 Å². The topological polar surface area (TPSA) is 86.3 Å². The Kier molecular flexibility index (Phi) is 6.61. The lowest BCUT2D eigenvalue weighted by atomic mass is 10.2. The summed E-state index contributed by atoms with van der Waals surface area (Å²) in [6, 6.07) is 2.68. The fourth-order valence-electron chi connectivity index (χ4n) is 1.83. The number of carbonyl (C=O) groups is 1. The lowest BCUT2D eigenvalue weighted by Gasteiger charge is -2.15. The molecule has 0 aliphatic carbocycles. The molecule has 1 aromatic rings. The van der Waals surface area contributed by atoms with E-state index in [0.29, 0.717) is 29.4 Å². The number of hydrogen-bond acceptors (Lipinski definition) is 6. The first-order valence-electron chi connectivity index (χ1n) is 6.40. The Hall–Kier alpha value is -2.15. The summed E-state index contributed by atoms with van der Waals surface area (Å²) < 4.78 is 21.2. The largest absolute Gasteiger partial charge is 0.493 e. The molecule has 0 fully saturated rings. The number of rotatable bonds is 9. The molecule has 0 saturated heterocycles. The van der Waals surface area contributed by atoms with E-state index in [1.807, 2.05) is 0 Å². The fourth-order valence-corrected chi connectivity index (χ4v) is 1.83. The van der Waals surface area contributed by atoms with Crippen LogP contribution in [0.1, 0.15) is 6.42 Å². The minimum atomic E-state index is -0.911. The number of carboxylic acids is 1. The Morgan fingerprint density at radius 3 is 2.14 bits per heavy atom. The molecule has 0 aromatic heterocycles. The molecular weight excluding hydrogens is 278 g/mol. The van der Waals surface area contributed by atoms with Crippen molar-refractivity contribution in [2.24, 2.45) is 0 Å². The van der Waals surface area contributed by atoms with E-state index in [0.717, 1.165) is 0 Å². The highest BCUT2D eigenvalue weighted by molar-refractivity contribution is 5.73. The van der Waals surface area contributed by atoms with Gasteiger partial charge in [-0.2, -0.15) is 0 Å². The summed E-state index contributed by atoms with van der Waals surface area (Å²) in [5.41, 5.74) is 0. The van der Waals surface area contributed by atoms with Crippen LogP contribution in [0.25, 0.3) is 0 Å². The van der Waals surface area contributed by atoms with E-state index in [-0.39, 0.29) is 6.61 Å². The van der Waals surface area contributed by atoms with Crippen LogP contribution in [-0.2, 0) is 4.79 Å². The normalized spacial score (nSPS) is 11.6. The van der Waals surface area contributed by atoms with Gasteiger partial charge in [0.1, 0.15) is 11.8 Å². The van der Waals surface area contributed by atoms with Crippen LogP contribution in [0.3, 0.4) is 0 Å². The molecule has 0 bridgehead atoms. The van der Waals surface area contributed by atoms with E-state index in [1.54, 1.807) is 19.2 Å². The summed E-state index contributed by atoms with van der Waals surface area (Å²) in [6.45, 7) is 0.246. The quantitative estimate of drug-likeness (QED) is 0.707. The molecule has 1 atom stereocenters. The molecule has 21 heavy (non-hydrogen) atoms. The third kappa shape index (κ3) is 4.42. The Balaban J connectivity index is 2.77. The summed E-state index contributed by atoms with van der Waals surface area (Å²) in [7, 11) is 6.15. The predicted octanol–water partition coefficient (Wildman–Crippen LogP) is 1.15. The SMILES string of the molecule is CNC(CCOc1cc(OC)c(OC)c(OC)c1)C(=O)O. The molecule has 0 heterocycles. The molecule has 0 spiro atoms. The van der Waals surface area contributed by atoms with Gasteiger partial charge in [-0.25, -0.2) is 0 Å². The lowest BCUT2D eigenvalue weighted by Crippen LogP contribution is -2.35. The first-order valence-corrected chi connectivity index (χ1v) is 6.40. The third-order valence-corrected chi connectivity index (χ3v) is 2.96. The molecule has 1 unspecified atom stereocenters. The second-order valence-electron chi connectivity index (χ2n) is 4.18. The van der Waals surface area contributed by atoms with Gasteiger partial charge in [0.25, 0.3) is 0 Å². The second kappa shape index (κ2) is 8.21. The van der Waals surface area contributed by atoms with Gasteiger partial charge >= 0.3 is 5.97 Å². The number of nitrogens with one attached hydrogen (secondary N) is 1. The Bertz CT molecular complexity index is 452. The monoisotopic (exact) mass is 299 g/mol. The van der Waals surface area contributed by atoms with E-state index in [9.17, 15) is 4.79 Å². The van der Waals surface area contributed by atoms with Crippen molar-refractivity contribution in [3.63, 3.8) is 0 Å². The highest BCUT2D eigenvalue weighted by atomic mass is 16.5. The van der Waals surface area contributed by atoms with Crippen molar-refractivity contribution in [2.75, 3.05) is 35.0 Å². The Morgan fingerprint density at radius 2 is 1.76 bits per heavy atom. The number of methoxy groups -OCH3 is 3. The summed E-state index contributed by atoms with van der Waals surface area (Å²) >= 11 is 0. The molecule has 7 nitrogen and oxygen atoms in total. The average molecular weight is 299 g/mol. The van der Waals surface area contributed by atoms with E-state index in [1.165, 1.54) is 21.3 Å². The predicted molar refractivity (Wildman–Crippen MR) is 76.7 cm³/mol. The van der Waals surface area contributed by atoms with E-state index in [4.69, 9.17) is 24.1 Å². The van der Waals surface area contributed by atoms with Gasteiger partial charge in [0.05, 0.1) is 27.9 Å². The number of aliphatic carboxylic acids is 1. The molecule has 118 valence electrons. The molecular formula is C14H21NO6. The molecule has 0 amide bonds. The first-order chi connectivity index (χ1) is 10.1. The molecule has 1 rings (SSSR count).